The fourth-order valence-corrected chi connectivity index (χ4v) is 3.93. The van der Waals surface area contributed by atoms with Gasteiger partial charge in [-0.1, -0.05) is 42.5 Å². The molecule has 0 aliphatic carbocycles. The number of carbonyl (C=O) groups excluding carboxylic acids is 2. The number of nitrogens with zero attached hydrogens (tertiary/aromatic N) is 2. The summed E-state index contributed by atoms with van der Waals surface area (Å²) < 4.78 is 5.01. The minimum atomic E-state index is -0.208. The third kappa shape index (κ3) is 3.58. The van der Waals surface area contributed by atoms with E-state index in [4.69, 9.17) is 4.74 Å². The zero-order valence-corrected chi connectivity index (χ0v) is 16.1. The molecule has 2 aliphatic rings. The summed E-state index contributed by atoms with van der Waals surface area (Å²) in [5.74, 6) is -0.362. The Morgan fingerprint density at radius 3 is 2.61 bits per heavy atom. The number of carbonyl (C=O) groups is 2. The smallest absolute Gasteiger partial charge is 0.257 e. The number of rotatable bonds is 5. The fraction of sp³-hybridized carbons (Fsp3) is 0.304. The van der Waals surface area contributed by atoms with Gasteiger partial charge in [-0.2, -0.15) is 0 Å². The molecule has 0 atom stereocenters. The third-order valence-corrected chi connectivity index (χ3v) is 5.42. The first-order valence-electron chi connectivity index (χ1n) is 9.62. The van der Waals surface area contributed by atoms with Crippen molar-refractivity contribution in [2.24, 2.45) is 0 Å². The molecule has 28 heavy (non-hydrogen) atoms. The van der Waals surface area contributed by atoms with E-state index >= 15 is 0 Å². The van der Waals surface area contributed by atoms with Crippen LogP contribution in [0.5, 0.6) is 0 Å². The summed E-state index contributed by atoms with van der Waals surface area (Å²) in [5, 5.41) is 0. The minimum absolute atomic E-state index is 0.152. The van der Waals surface area contributed by atoms with Crippen LogP contribution in [-0.2, 0) is 27.3 Å². The average Bonchev–Trinajstić information content (AvgIpc) is 2.99. The first kappa shape index (κ1) is 18.4. The highest BCUT2D eigenvalue weighted by atomic mass is 16.5. The highest BCUT2D eigenvalue weighted by molar-refractivity contribution is 6.15. The van der Waals surface area contributed by atoms with Crippen molar-refractivity contribution < 1.29 is 14.3 Å². The van der Waals surface area contributed by atoms with Crippen LogP contribution in [0.4, 0.5) is 5.69 Å². The van der Waals surface area contributed by atoms with E-state index in [0.29, 0.717) is 18.7 Å². The summed E-state index contributed by atoms with van der Waals surface area (Å²) in [6, 6.07) is 16.6. The largest absolute Gasteiger partial charge is 0.383 e. The lowest BCUT2D eigenvalue weighted by atomic mass is 9.98. The zero-order chi connectivity index (χ0) is 19.5. The van der Waals surface area contributed by atoms with Crippen molar-refractivity contribution in [2.75, 3.05) is 31.7 Å². The maximum absolute atomic E-state index is 12.6. The van der Waals surface area contributed by atoms with Crippen molar-refractivity contribution in [3.05, 3.63) is 70.8 Å². The first-order valence-corrected chi connectivity index (χ1v) is 9.62. The minimum Gasteiger partial charge on any atom is -0.383 e. The summed E-state index contributed by atoms with van der Waals surface area (Å²) in [6.07, 6.45) is 3.03. The molecule has 0 saturated carbocycles. The molecule has 0 spiro atoms. The summed E-state index contributed by atoms with van der Waals surface area (Å²) in [4.78, 5) is 28.5. The Balaban J connectivity index is 1.60. The van der Waals surface area contributed by atoms with Crippen LogP contribution >= 0.6 is 0 Å². The Labute approximate surface area is 165 Å². The quantitative estimate of drug-likeness (QED) is 0.595. The van der Waals surface area contributed by atoms with Crippen molar-refractivity contribution in [2.45, 2.75) is 19.4 Å². The number of amides is 2. The molecule has 2 aliphatic heterocycles. The van der Waals surface area contributed by atoms with E-state index in [1.54, 1.807) is 7.11 Å². The molecule has 0 radical (unpaired) electrons. The molecule has 1 saturated heterocycles. The second-order valence-electron chi connectivity index (χ2n) is 7.19. The van der Waals surface area contributed by atoms with Crippen LogP contribution in [0.2, 0.25) is 0 Å². The van der Waals surface area contributed by atoms with Crippen LogP contribution in [0.3, 0.4) is 0 Å². The Morgan fingerprint density at radius 2 is 1.79 bits per heavy atom. The molecule has 2 heterocycles. The topological polar surface area (TPSA) is 49.9 Å². The highest BCUT2D eigenvalue weighted by Crippen LogP contribution is 2.30. The number of imide groups is 1. The number of likely N-dealkylation sites (tertiary alicyclic amines) is 1. The van der Waals surface area contributed by atoms with Gasteiger partial charge in [0.2, 0.25) is 5.91 Å². The molecule has 5 nitrogen and oxygen atoms in total. The molecule has 144 valence electrons. The highest BCUT2D eigenvalue weighted by Gasteiger charge is 2.33. The Hall–Kier alpha value is -2.92. The summed E-state index contributed by atoms with van der Waals surface area (Å²) in [6.45, 7) is 2.44. The van der Waals surface area contributed by atoms with E-state index in [0.717, 1.165) is 30.8 Å². The van der Waals surface area contributed by atoms with Crippen LogP contribution < -0.4 is 4.90 Å². The number of ether oxygens (including phenoxy) is 1. The molecule has 4 rings (SSSR count). The van der Waals surface area contributed by atoms with Gasteiger partial charge in [-0.15, -0.1) is 0 Å². The second kappa shape index (κ2) is 7.98. The van der Waals surface area contributed by atoms with E-state index in [-0.39, 0.29) is 18.2 Å². The predicted octanol–water partition coefficient (Wildman–Crippen LogP) is 3.04. The number of benzene rings is 2. The van der Waals surface area contributed by atoms with E-state index in [2.05, 4.69) is 35.2 Å². The van der Waals surface area contributed by atoms with E-state index in [1.165, 1.54) is 16.0 Å². The van der Waals surface area contributed by atoms with Gasteiger partial charge in [0, 0.05) is 31.5 Å². The summed E-state index contributed by atoms with van der Waals surface area (Å²) in [5.41, 5.74) is 5.37. The number of hydrogen-bond donors (Lipinski definition) is 0. The van der Waals surface area contributed by atoms with Gasteiger partial charge in [0.15, 0.2) is 0 Å². The van der Waals surface area contributed by atoms with Gasteiger partial charge in [0.05, 0.1) is 19.6 Å². The van der Waals surface area contributed by atoms with E-state index in [9.17, 15) is 9.59 Å². The molecule has 5 heteroatoms. The predicted molar refractivity (Wildman–Crippen MR) is 109 cm³/mol. The maximum Gasteiger partial charge on any atom is 0.257 e. The standard InChI is InChI=1S/C23H24N2O3/c1-28-13-12-25-22(26)15-20(23(25)27)14-18-7-4-5-9-21(18)24-11-10-17-6-2-3-8-19(17)16-24/h2-9,14H,10-13,15-16H2,1H3/b20-14+. The number of methoxy groups -OCH3 is 1. The van der Waals surface area contributed by atoms with Gasteiger partial charge >= 0.3 is 0 Å². The van der Waals surface area contributed by atoms with Gasteiger partial charge in [0.25, 0.3) is 5.91 Å². The van der Waals surface area contributed by atoms with E-state index < -0.39 is 0 Å². The zero-order valence-electron chi connectivity index (χ0n) is 16.1. The normalized spacial score (nSPS) is 18.1. The van der Waals surface area contributed by atoms with Gasteiger partial charge in [-0.3, -0.25) is 14.5 Å². The number of fused-ring (bicyclic) bond motifs is 1. The summed E-state index contributed by atoms with van der Waals surface area (Å²) in [7, 11) is 1.56. The van der Waals surface area contributed by atoms with E-state index in [1.807, 2.05) is 24.3 Å². The molecule has 2 aromatic carbocycles. The van der Waals surface area contributed by atoms with Crippen molar-refractivity contribution in [1.29, 1.82) is 0 Å². The number of anilines is 1. The van der Waals surface area contributed by atoms with Crippen molar-refractivity contribution in [3.63, 3.8) is 0 Å². The molecule has 0 unspecified atom stereocenters. The lowest BCUT2D eigenvalue weighted by Gasteiger charge is -2.32. The van der Waals surface area contributed by atoms with Crippen LogP contribution in [0.15, 0.2) is 54.1 Å². The number of para-hydroxylation sites is 1. The monoisotopic (exact) mass is 376 g/mol. The molecule has 1 fully saturated rings. The first-order chi connectivity index (χ1) is 13.7. The molecular formula is C23H24N2O3. The van der Waals surface area contributed by atoms with Crippen molar-refractivity contribution in [1.82, 2.24) is 4.90 Å². The molecule has 2 amide bonds. The van der Waals surface area contributed by atoms with Gasteiger partial charge in [-0.05, 0) is 35.3 Å². The van der Waals surface area contributed by atoms with Crippen molar-refractivity contribution in [3.8, 4) is 0 Å². The summed E-state index contributed by atoms with van der Waals surface area (Å²) >= 11 is 0. The van der Waals surface area contributed by atoms with Crippen LogP contribution in [0.25, 0.3) is 6.08 Å². The molecular weight excluding hydrogens is 352 g/mol. The molecule has 0 N–H and O–H groups in total. The molecule has 2 aromatic rings. The maximum atomic E-state index is 12.6. The average molecular weight is 376 g/mol. The Morgan fingerprint density at radius 1 is 1.04 bits per heavy atom. The Bertz CT molecular complexity index is 935. The molecule has 0 aromatic heterocycles. The van der Waals surface area contributed by atoms with Gasteiger partial charge in [-0.25, -0.2) is 0 Å². The van der Waals surface area contributed by atoms with Gasteiger partial charge in [0.1, 0.15) is 0 Å². The van der Waals surface area contributed by atoms with Gasteiger partial charge < -0.3 is 9.64 Å². The van der Waals surface area contributed by atoms with Crippen molar-refractivity contribution >= 4 is 23.6 Å². The Kier molecular flexibility index (Phi) is 5.26. The molecule has 0 bridgehead atoms. The SMILES string of the molecule is COCCN1C(=O)C/C(=C\c2ccccc2N2CCc3ccccc3C2)C1=O. The van der Waals surface area contributed by atoms with Crippen LogP contribution in [-0.4, -0.2) is 43.5 Å². The third-order valence-electron chi connectivity index (χ3n) is 5.42. The second-order valence-corrected chi connectivity index (χ2v) is 7.19. The fourth-order valence-electron chi connectivity index (χ4n) is 3.93. The lowest BCUT2D eigenvalue weighted by Crippen LogP contribution is -2.32. The van der Waals surface area contributed by atoms with Crippen LogP contribution in [0.1, 0.15) is 23.1 Å². The lowest BCUT2D eigenvalue weighted by molar-refractivity contribution is -0.138. The number of hydrogen-bond acceptors (Lipinski definition) is 4. The van der Waals surface area contributed by atoms with Crippen LogP contribution in [0, 0.1) is 0 Å².